The molecule has 83 heavy (non-hydrogen) atoms. The first-order chi connectivity index (χ1) is 40.6. The van der Waals surface area contributed by atoms with Crippen LogP contribution >= 0.6 is 0 Å². The third-order valence-corrected chi connectivity index (χ3v) is 15.6. The van der Waals surface area contributed by atoms with Crippen LogP contribution in [0.1, 0.15) is 55.8 Å². The Kier molecular flexibility index (Phi) is 10.5. The molecular formula is C69H30N14. The summed E-state index contributed by atoms with van der Waals surface area (Å²) in [6, 6.07) is 69.4. The maximum atomic E-state index is 12.7. The fourth-order valence-corrected chi connectivity index (χ4v) is 12.2. The second-order valence-electron chi connectivity index (χ2n) is 20.0. The first-order valence-electron chi connectivity index (χ1n) is 25.8. The molecule has 9 aromatic carbocycles. The van der Waals surface area contributed by atoms with Gasteiger partial charge in [-0.15, -0.1) is 0 Å². The van der Waals surface area contributed by atoms with Crippen LogP contribution in [0.4, 0.5) is 0 Å². The van der Waals surface area contributed by atoms with E-state index in [4.69, 9.17) is 4.98 Å². The Morgan fingerprint density at radius 3 is 0.759 bits per heavy atom. The van der Waals surface area contributed by atoms with E-state index in [2.05, 4.69) is 59.2 Å². The van der Waals surface area contributed by atoms with Gasteiger partial charge in [-0.05, 0) is 165 Å². The van der Waals surface area contributed by atoms with E-state index < -0.39 is 0 Å². The molecule has 0 radical (unpaired) electrons. The minimum Gasteiger partial charge on any atom is -0.306 e. The van der Waals surface area contributed by atoms with Gasteiger partial charge in [0.15, 0.2) is 0 Å². The van der Waals surface area contributed by atoms with Crippen molar-refractivity contribution >= 4 is 87.2 Å². The zero-order valence-electron chi connectivity index (χ0n) is 43.3. The first kappa shape index (κ1) is 48.1. The van der Waals surface area contributed by atoms with Gasteiger partial charge in [0.25, 0.3) is 0 Å². The van der Waals surface area contributed by atoms with Crippen molar-refractivity contribution in [3.8, 4) is 88.6 Å². The van der Waals surface area contributed by atoms with Crippen molar-refractivity contribution in [2.45, 2.75) is 6.92 Å². The Morgan fingerprint density at radius 2 is 0.518 bits per heavy atom. The summed E-state index contributed by atoms with van der Waals surface area (Å²) in [5.41, 5.74) is 10.6. The maximum absolute atomic E-state index is 12.7. The minimum absolute atomic E-state index is 0.123. The highest BCUT2D eigenvalue weighted by Gasteiger charge is 2.36. The van der Waals surface area contributed by atoms with E-state index in [-0.39, 0.29) is 5.56 Å². The summed E-state index contributed by atoms with van der Waals surface area (Å²) < 4.78 is 8.15. The number of rotatable bonds is 5. The number of aryl methyl sites for hydroxylation is 1. The number of nitrogens with zero attached hydrogens (tertiary/aromatic N) is 14. The van der Waals surface area contributed by atoms with Gasteiger partial charge in [0, 0.05) is 54.3 Å². The lowest BCUT2D eigenvalue weighted by atomic mass is 9.94. The lowest BCUT2D eigenvalue weighted by molar-refractivity contribution is 1.02. The zero-order chi connectivity index (χ0) is 56.9. The highest BCUT2D eigenvalue weighted by atomic mass is 15.1. The molecule has 0 N–H and O–H groups in total. The van der Waals surface area contributed by atoms with Crippen LogP contribution in [0.5, 0.6) is 0 Å². The van der Waals surface area contributed by atoms with E-state index in [0.29, 0.717) is 171 Å². The quantitative estimate of drug-likeness (QED) is 0.158. The lowest BCUT2D eigenvalue weighted by Gasteiger charge is -2.29. The topological polar surface area (TPSA) is 247 Å². The predicted molar refractivity (Wildman–Crippen MR) is 314 cm³/mol. The SMILES string of the molecule is Cc1cccc(-c2c(C#N)c(-n3c4ccc(C#N)cc4c4cc(C#N)ccc43)c(-n3c4ccc(C#N)cc4c4cc(C#N)ccc43)c(-n3c4ccc(C#N)cc4c4cc(C#N)ccc43)c2-n2c3ccc(C#N)cc3c3cc(C#N)ccc32)n1. The molecule has 14 nitrogen and oxygen atoms in total. The van der Waals surface area contributed by atoms with Crippen molar-refractivity contribution in [3.63, 3.8) is 0 Å². The summed E-state index contributed by atoms with van der Waals surface area (Å²) in [5.74, 6) is 0. The number of pyridine rings is 1. The molecule has 5 aromatic heterocycles. The Labute approximate surface area is 470 Å². The monoisotopic (exact) mass is 1050 g/mol. The Bertz CT molecular complexity index is 5490. The molecule has 14 heteroatoms. The van der Waals surface area contributed by atoms with Crippen molar-refractivity contribution in [2.24, 2.45) is 0 Å². The molecule has 14 aromatic rings. The molecule has 0 fully saturated rings. The molecule has 0 unspecified atom stereocenters. The summed E-state index contributed by atoms with van der Waals surface area (Å²) in [7, 11) is 0. The standard InChI is InChI=1S/C69H30N14/c1-38-3-2-4-56(79-38)65-55(37-78)66(80-57-13-5-39(29-70)21-47(57)48-22-40(30-71)6-14-58(48)80)68(82-61-17-9-43(33-74)25-51(61)52-26-44(34-75)10-18-62(52)82)69(83-63-19-11-45(35-76)27-53(63)54-28-46(36-77)12-20-64(54)83)67(65)81-59-15-7-41(31-72)23-49(59)50-24-42(32-73)8-16-60(50)81/h2-28H,1H3. The third-order valence-electron chi connectivity index (χ3n) is 15.6. The van der Waals surface area contributed by atoms with Crippen molar-refractivity contribution in [3.05, 3.63) is 220 Å². The first-order valence-corrected chi connectivity index (χ1v) is 25.8. The highest BCUT2D eigenvalue weighted by molar-refractivity contribution is 6.18. The average molecular weight is 1060 g/mol. The van der Waals surface area contributed by atoms with Gasteiger partial charge in [0.05, 0.1) is 171 Å². The summed E-state index contributed by atoms with van der Waals surface area (Å²) in [6.45, 7) is 1.86. The smallest absolute Gasteiger partial charge is 0.102 e. The van der Waals surface area contributed by atoms with Crippen molar-refractivity contribution in [2.75, 3.05) is 0 Å². The van der Waals surface area contributed by atoms with Crippen LogP contribution in [0, 0.1) is 109 Å². The summed E-state index contributed by atoms with van der Waals surface area (Å²) in [6.07, 6.45) is 0. The Morgan fingerprint density at radius 1 is 0.277 bits per heavy atom. The van der Waals surface area contributed by atoms with Crippen molar-refractivity contribution in [1.29, 1.82) is 47.4 Å². The van der Waals surface area contributed by atoms with Gasteiger partial charge < -0.3 is 18.3 Å². The number of aromatic nitrogens is 5. The van der Waals surface area contributed by atoms with Crippen LogP contribution in [0.15, 0.2) is 164 Å². The Balaban J connectivity index is 1.39. The second-order valence-corrected chi connectivity index (χ2v) is 20.0. The summed E-state index contributed by atoms with van der Waals surface area (Å²) in [5, 5.41) is 102. The van der Waals surface area contributed by atoms with E-state index in [1.807, 2.05) is 87.4 Å². The van der Waals surface area contributed by atoms with E-state index in [1.165, 1.54) is 0 Å². The summed E-state index contributed by atoms with van der Waals surface area (Å²) >= 11 is 0. The normalized spacial score (nSPS) is 11.1. The van der Waals surface area contributed by atoms with Gasteiger partial charge in [-0.2, -0.15) is 47.4 Å². The van der Waals surface area contributed by atoms with Crippen LogP contribution < -0.4 is 0 Å². The third kappa shape index (κ3) is 6.89. The molecule has 376 valence electrons. The molecule has 0 saturated heterocycles. The van der Waals surface area contributed by atoms with E-state index in [9.17, 15) is 47.4 Å². The molecule has 0 spiro atoms. The molecule has 0 bridgehead atoms. The van der Waals surface area contributed by atoms with Crippen LogP contribution in [0.2, 0.25) is 0 Å². The summed E-state index contributed by atoms with van der Waals surface area (Å²) in [4.78, 5) is 5.27. The largest absolute Gasteiger partial charge is 0.306 e. The molecule has 14 rings (SSSR count). The van der Waals surface area contributed by atoms with Crippen molar-refractivity contribution in [1.82, 2.24) is 23.3 Å². The number of nitriles is 9. The molecule has 5 heterocycles. The lowest BCUT2D eigenvalue weighted by Crippen LogP contribution is -2.17. The number of fused-ring (bicyclic) bond motifs is 12. The van der Waals surface area contributed by atoms with Crippen LogP contribution in [0.25, 0.3) is 121 Å². The molecular weight excluding hydrogens is 1020 g/mol. The van der Waals surface area contributed by atoms with Crippen LogP contribution in [-0.4, -0.2) is 23.3 Å². The number of benzene rings is 9. The van der Waals surface area contributed by atoms with E-state index >= 15 is 0 Å². The highest BCUT2D eigenvalue weighted by Crippen LogP contribution is 2.52. The number of hydrogen-bond acceptors (Lipinski definition) is 10. The van der Waals surface area contributed by atoms with Crippen LogP contribution in [-0.2, 0) is 0 Å². The predicted octanol–water partition coefficient (Wildman–Crippen LogP) is 14.3. The average Bonchev–Trinajstić information content (AvgIpc) is 4.38. The molecule has 0 amide bonds. The molecule has 0 aliphatic carbocycles. The van der Waals surface area contributed by atoms with E-state index in [1.54, 1.807) is 97.1 Å². The fourth-order valence-electron chi connectivity index (χ4n) is 12.2. The maximum Gasteiger partial charge on any atom is 0.102 e. The fraction of sp³-hybridized carbons (Fsp3) is 0.0145. The number of hydrogen-bond donors (Lipinski definition) is 0. The van der Waals surface area contributed by atoms with Gasteiger partial charge in [-0.3, -0.25) is 4.98 Å². The van der Waals surface area contributed by atoms with Gasteiger partial charge in [-0.1, -0.05) is 6.07 Å². The minimum atomic E-state index is 0.123. The van der Waals surface area contributed by atoms with Gasteiger partial charge in [0.1, 0.15) is 6.07 Å². The van der Waals surface area contributed by atoms with E-state index in [0.717, 1.165) is 0 Å². The molecule has 0 aliphatic heterocycles. The molecule has 0 aliphatic rings. The van der Waals surface area contributed by atoms with Gasteiger partial charge in [0.2, 0.25) is 0 Å². The van der Waals surface area contributed by atoms with Gasteiger partial charge in [-0.25, -0.2) is 0 Å². The zero-order valence-corrected chi connectivity index (χ0v) is 43.3. The van der Waals surface area contributed by atoms with Crippen LogP contribution in [0.3, 0.4) is 0 Å². The second kappa shape index (κ2) is 18.2. The molecule has 0 atom stereocenters. The Hall–Kier alpha value is -13.3. The van der Waals surface area contributed by atoms with Gasteiger partial charge >= 0.3 is 0 Å². The van der Waals surface area contributed by atoms with Crippen molar-refractivity contribution < 1.29 is 0 Å². The molecule has 0 saturated carbocycles.